The lowest BCUT2D eigenvalue weighted by Crippen LogP contribution is -2.29. The van der Waals surface area contributed by atoms with E-state index in [4.69, 9.17) is 11.6 Å². The van der Waals surface area contributed by atoms with Gasteiger partial charge in [-0.05, 0) is 36.4 Å². The van der Waals surface area contributed by atoms with Crippen molar-refractivity contribution >= 4 is 39.0 Å². The Labute approximate surface area is 144 Å². The number of amides is 1. The molecule has 0 aliphatic rings. The van der Waals surface area contributed by atoms with Crippen LogP contribution in [0.3, 0.4) is 0 Å². The molecule has 0 saturated carbocycles. The number of carbonyl (C=O) groups is 2. The molecular weight excluding hydrogens is 352 g/mol. The molecular formula is C16H15ClN2O4S. The fraction of sp³-hybridized carbons (Fsp3) is 0.125. The maximum absolute atomic E-state index is 12.0. The molecule has 0 saturated heterocycles. The highest BCUT2D eigenvalue weighted by Gasteiger charge is 2.10. The minimum Gasteiger partial charge on any atom is -0.345 e. The fourth-order valence-corrected chi connectivity index (χ4v) is 2.68. The Morgan fingerprint density at radius 2 is 1.71 bits per heavy atom. The van der Waals surface area contributed by atoms with Crippen LogP contribution in [0.15, 0.2) is 48.5 Å². The monoisotopic (exact) mass is 366 g/mol. The molecule has 2 N–H and O–H groups in total. The van der Waals surface area contributed by atoms with Crippen LogP contribution in [0.25, 0.3) is 0 Å². The van der Waals surface area contributed by atoms with Crippen molar-refractivity contribution in [2.75, 3.05) is 17.5 Å². The number of ketones is 1. The molecule has 0 fully saturated rings. The molecule has 0 aromatic heterocycles. The molecule has 0 radical (unpaired) electrons. The summed E-state index contributed by atoms with van der Waals surface area (Å²) in [5.41, 5.74) is 1.08. The Kier molecular flexibility index (Phi) is 5.58. The van der Waals surface area contributed by atoms with Gasteiger partial charge in [0, 0.05) is 21.8 Å². The first-order chi connectivity index (χ1) is 11.2. The highest BCUT2D eigenvalue weighted by Crippen LogP contribution is 2.12. The summed E-state index contributed by atoms with van der Waals surface area (Å²) in [5, 5.41) is 2.96. The third kappa shape index (κ3) is 5.36. The van der Waals surface area contributed by atoms with Gasteiger partial charge in [0.1, 0.15) is 0 Å². The Hall–Kier alpha value is -2.38. The predicted octanol–water partition coefficient (Wildman–Crippen LogP) is 2.32. The number of sulfonamides is 1. The normalized spacial score (nSPS) is 10.9. The number of nitrogens with one attached hydrogen (secondary N) is 2. The van der Waals surface area contributed by atoms with Gasteiger partial charge < -0.3 is 5.32 Å². The standard InChI is InChI=1S/C16H15ClN2O4S/c1-24(22,23)19-14-7-5-11(6-8-14)16(21)18-10-15(20)12-3-2-4-13(17)9-12/h2-9,19H,10H2,1H3,(H,18,21). The summed E-state index contributed by atoms with van der Waals surface area (Å²) in [6.07, 6.45) is 1.04. The van der Waals surface area contributed by atoms with E-state index in [0.29, 0.717) is 21.8 Å². The van der Waals surface area contributed by atoms with Crippen LogP contribution < -0.4 is 10.0 Å². The second-order valence-electron chi connectivity index (χ2n) is 5.07. The Balaban J connectivity index is 1.96. The summed E-state index contributed by atoms with van der Waals surface area (Å²) in [4.78, 5) is 24.0. The minimum absolute atomic E-state index is 0.164. The zero-order valence-corrected chi connectivity index (χ0v) is 14.3. The van der Waals surface area contributed by atoms with E-state index in [-0.39, 0.29) is 12.3 Å². The van der Waals surface area contributed by atoms with Gasteiger partial charge in [-0.2, -0.15) is 0 Å². The molecule has 1 amide bonds. The molecule has 0 spiro atoms. The van der Waals surface area contributed by atoms with Crippen molar-refractivity contribution in [3.8, 4) is 0 Å². The van der Waals surface area contributed by atoms with Gasteiger partial charge in [-0.25, -0.2) is 8.42 Å². The minimum atomic E-state index is -3.37. The molecule has 0 heterocycles. The number of Topliss-reactive ketones (excluding diaryl/α,β-unsaturated/α-hetero) is 1. The summed E-state index contributed by atoms with van der Waals surface area (Å²) in [5.74, 6) is -0.697. The lowest BCUT2D eigenvalue weighted by molar-refractivity contribution is 0.0904. The number of anilines is 1. The van der Waals surface area contributed by atoms with Gasteiger partial charge in [-0.3, -0.25) is 14.3 Å². The second kappa shape index (κ2) is 7.46. The topological polar surface area (TPSA) is 92.3 Å². The van der Waals surface area contributed by atoms with E-state index in [0.717, 1.165) is 6.26 Å². The number of benzene rings is 2. The average molecular weight is 367 g/mol. The van der Waals surface area contributed by atoms with Gasteiger partial charge in [0.2, 0.25) is 10.0 Å². The maximum Gasteiger partial charge on any atom is 0.251 e. The van der Waals surface area contributed by atoms with Gasteiger partial charge in [-0.15, -0.1) is 0 Å². The molecule has 2 aromatic carbocycles. The molecule has 0 unspecified atom stereocenters. The van der Waals surface area contributed by atoms with Crippen LogP contribution in [0.2, 0.25) is 5.02 Å². The fourth-order valence-electron chi connectivity index (χ4n) is 1.93. The van der Waals surface area contributed by atoms with E-state index in [1.807, 2.05) is 0 Å². The molecule has 8 heteroatoms. The van der Waals surface area contributed by atoms with Crippen LogP contribution in [-0.2, 0) is 10.0 Å². The number of rotatable bonds is 6. The molecule has 0 bridgehead atoms. The van der Waals surface area contributed by atoms with Crippen LogP contribution in [-0.4, -0.2) is 32.9 Å². The summed E-state index contributed by atoms with van der Waals surface area (Å²) in [6.45, 7) is -0.164. The molecule has 126 valence electrons. The third-order valence-electron chi connectivity index (χ3n) is 3.01. The lowest BCUT2D eigenvalue weighted by atomic mass is 10.1. The molecule has 0 aliphatic carbocycles. The first-order valence-electron chi connectivity index (χ1n) is 6.89. The molecule has 6 nitrogen and oxygen atoms in total. The Bertz CT molecular complexity index is 864. The second-order valence-corrected chi connectivity index (χ2v) is 7.25. The average Bonchev–Trinajstić information content (AvgIpc) is 2.51. The molecule has 0 aliphatic heterocycles. The van der Waals surface area contributed by atoms with Crippen LogP contribution in [0.1, 0.15) is 20.7 Å². The molecule has 24 heavy (non-hydrogen) atoms. The van der Waals surface area contributed by atoms with Crippen molar-refractivity contribution in [2.24, 2.45) is 0 Å². The predicted molar refractivity (Wildman–Crippen MR) is 93.0 cm³/mol. The van der Waals surface area contributed by atoms with Crippen molar-refractivity contribution < 1.29 is 18.0 Å². The van der Waals surface area contributed by atoms with E-state index >= 15 is 0 Å². The van der Waals surface area contributed by atoms with Gasteiger partial charge in [0.05, 0.1) is 12.8 Å². The van der Waals surface area contributed by atoms with Crippen LogP contribution in [0.4, 0.5) is 5.69 Å². The van der Waals surface area contributed by atoms with Crippen LogP contribution in [0, 0.1) is 0 Å². The first-order valence-corrected chi connectivity index (χ1v) is 9.16. The van der Waals surface area contributed by atoms with Gasteiger partial charge >= 0.3 is 0 Å². The highest BCUT2D eigenvalue weighted by molar-refractivity contribution is 7.92. The van der Waals surface area contributed by atoms with E-state index in [1.165, 1.54) is 30.3 Å². The zero-order chi connectivity index (χ0) is 17.7. The van der Waals surface area contributed by atoms with Gasteiger partial charge in [0.25, 0.3) is 5.91 Å². The van der Waals surface area contributed by atoms with Crippen molar-refractivity contribution in [1.29, 1.82) is 0 Å². The highest BCUT2D eigenvalue weighted by atomic mass is 35.5. The summed E-state index contributed by atoms with van der Waals surface area (Å²) >= 11 is 5.82. The van der Waals surface area contributed by atoms with E-state index in [1.54, 1.807) is 18.2 Å². The van der Waals surface area contributed by atoms with Crippen molar-refractivity contribution in [1.82, 2.24) is 5.32 Å². The number of hydrogen-bond acceptors (Lipinski definition) is 4. The molecule has 0 atom stereocenters. The number of carbonyl (C=O) groups excluding carboxylic acids is 2. The lowest BCUT2D eigenvalue weighted by Gasteiger charge is -2.07. The zero-order valence-electron chi connectivity index (χ0n) is 12.7. The van der Waals surface area contributed by atoms with Crippen molar-refractivity contribution in [2.45, 2.75) is 0 Å². The Morgan fingerprint density at radius 1 is 1.04 bits per heavy atom. The van der Waals surface area contributed by atoms with Crippen LogP contribution in [0.5, 0.6) is 0 Å². The van der Waals surface area contributed by atoms with E-state index in [9.17, 15) is 18.0 Å². The largest absolute Gasteiger partial charge is 0.345 e. The van der Waals surface area contributed by atoms with Crippen molar-refractivity contribution in [3.05, 3.63) is 64.7 Å². The van der Waals surface area contributed by atoms with Gasteiger partial charge in [-0.1, -0.05) is 23.7 Å². The quantitative estimate of drug-likeness (QED) is 0.767. The molecule has 2 aromatic rings. The number of halogens is 1. The molecule has 2 rings (SSSR count). The van der Waals surface area contributed by atoms with Gasteiger partial charge in [0.15, 0.2) is 5.78 Å². The van der Waals surface area contributed by atoms with Crippen molar-refractivity contribution in [3.63, 3.8) is 0 Å². The first kappa shape index (κ1) is 18.0. The summed E-state index contributed by atoms with van der Waals surface area (Å²) in [7, 11) is -3.37. The van der Waals surface area contributed by atoms with E-state index < -0.39 is 15.9 Å². The van der Waals surface area contributed by atoms with E-state index in [2.05, 4.69) is 10.0 Å². The van der Waals surface area contributed by atoms with Crippen LogP contribution >= 0.6 is 11.6 Å². The third-order valence-corrected chi connectivity index (χ3v) is 3.85. The number of hydrogen-bond donors (Lipinski definition) is 2. The summed E-state index contributed by atoms with van der Waals surface area (Å²) < 4.78 is 24.5. The Morgan fingerprint density at radius 3 is 2.29 bits per heavy atom. The SMILES string of the molecule is CS(=O)(=O)Nc1ccc(C(=O)NCC(=O)c2cccc(Cl)c2)cc1. The maximum atomic E-state index is 12.0. The summed E-state index contributed by atoms with van der Waals surface area (Å²) in [6, 6.07) is 12.3. The smallest absolute Gasteiger partial charge is 0.251 e.